The van der Waals surface area contributed by atoms with Crippen LogP contribution in [0.2, 0.25) is 0 Å². The maximum Gasteiger partial charge on any atom is 0.323 e. The van der Waals surface area contributed by atoms with Crippen molar-refractivity contribution < 1.29 is 9.53 Å². The van der Waals surface area contributed by atoms with E-state index in [1.54, 1.807) is 0 Å². The van der Waals surface area contributed by atoms with Crippen molar-refractivity contribution in [3.63, 3.8) is 0 Å². The summed E-state index contributed by atoms with van der Waals surface area (Å²) in [6.07, 6.45) is 7.06. The van der Waals surface area contributed by atoms with E-state index in [0.29, 0.717) is 6.61 Å². The Morgan fingerprint density at radius 3 is 2.38 bits per heavy atom. The van der Waals surface area contributed by atoms with Gasteiger partial charge in [0, 0.05) is 0 Å². The summed E-state index contributed by atoms with van der Waals surface area (Å²) in [6, 6.07) is -0.105. The van der Waals surface area contributed by atoms with Gasteiger partial charge in [-0.2, -0.15) is 0 Å². The number of unbranched alkanes of at least 4 members (excludes halogenated alkanes) is 4. The van der Waals surface area contributed by atoms with Crippen molar-refractivity contribution >= 4 is 5.97 Å². The Balaban J connectivity index is 3.71. The number of carbonyl (C=O) groups is 1. The average Bonchev–Trinajstić information content (AvgIpc) is 2.27. The highest BCUT2D eigenvalue weighted by atomic mass is 16.5. The largest absolute Gasteiger partial charge is 0.465 e. The van der Waals surface area contributed by atoms with E-state index in [1.165, 1.54) is 25.7 Å². The van der Waals surface area contributed by atoms with Crippen LogP contribution in [0, 0.1) is 0 Å². The van der Waals surface area contributed by atoms with Crippen LogP contribution >= 0.6 is 0 Å². The Labute approximate surface area is 99.9 Å². The number of esters is 1. The van der Waals surface area contributed by atoms with Gasteiger partial charge < -0.3 is 10.1 Å². The molecule has 0 spiro atoms. The predicted octanol–water partition coefficient (Wildman–Crippen LogP) is 2.89. The molecule has 0 aliphatic carbocycles. The van der Waals surface area contributed by atoms with Gasteiger partial charge in [0.25, 0.3) is 0 Å². The zero-order valence-electron chi connectivity index (χ0n) is 11.1. The molecule has 0 rings (SSSR count). The van der Waals surface area contributed by atoms with Crippen molar-refractivity contribution in [2.45, 2.75) is 65.3 Å². The lowest BCUT2D eigenvalue weighted by Gasteiger charge is -2.15. The van der Waals surface area contributed by atoms with Crippen LogP contribution in [-0.2, 0) is 9.53 Å². The molecule has 3 nitrogen and oxygen atoms in total. The molecule has 0 aromatic heterocycles. The Morgan fingerprint density at radius 1 is 1.12 bits per heavy atom. The van der Waals surface area contributed by atoms with E-state index in [-0.39, 0.29) is 12.0 Å². The molecule has 0 amide bonds. The fourth-order valence-electron chi connectivity index (χ4n) is 1.74. The van der Waals surface area contributed by atoms with E-state index in [0.717, 1.165) is 19.4 Å². The van der Waals surface area contributed by atoms with Crippen LogP contribution < -0.4 is 5.32 Å². The Bertz CT molecular complexity index is 171. The maximum atomic E-state index is 11.6. The molecule has 16 heavy (non-hydrogen) atoms. The van der Waals surface area contributed by atoms with Crippen molar-refractivity contribution in [2.75, 3.05) is 13.2 Å². The van der Waals surface area contributed by atoms with Crippen LogP contribution in [0.5, 0.6) is 0 Å². The van der Waals surface area contributed by atoms with Gasteiger partial charge in [0.2, 0.25) is 0 Å². The molecule has 0 aliphatic heterocycles. The molecule has 0 saturated carbocycles. The normalized spacial score (nSPS) is 12.4. The van der Waals surface area contributed by atoms with E-state index in [1.807, 2.05) is 13.8 Å². The van der Waals surface area contributed by atoms with Gasteiger partial charge in [-0.05, 0) is 19.9 Å². The number of hydrogen-bond donors (Lipinski definition) is 1. The summed E-state index contributed by atoms with van der Waals surface area (Å²) in [5.74, 6) is -0.0974. The van der Waals surface area contributed by atoms with Gasteiger partial charge in [0.1, 0.15) is 6.04 Å². The molecular weight excluding hydrogens is 202 g/mol. The highest BCUT2D eigenvalue weighted by Crippen LogP contribution is 2.08. The summed E-state index contributed by atoms with van der Waals surface area (Å²) >= 11 is 0. The number of rotatable bonds is 10. The third-order valence-corrected chi connectivity index (χ3v) is 2.62. The van der Waals surface area contributed by atoms with Crippen molar-refractivity contribution in [3.8, 4) is 0 Å². The number of ether oxygens (including phenoxy) is 1. The topological polar surface area (TPSA) is 38.3 Å². The van der Waals surface area contributed by atoms with Crippen molar-refractivity contribution in [1.29, 1.82) is 0 Å². The number of hydrogen-bond acceptors (Lipinski definition) is 3. The van der Waals surface area contributed by atoms with E-state index < -0.39 is 0 Å². The first-order chi connectivity index (χ1) is 7.76. The second-order valence-electron chi connectivity index (χ2n) is 4.07. The van der Waals surface area contributed by atoms with Gasteiger partial charge in [-0.3, -0.25) is 4.79 Å². The minimum Gasteiger partial charge on any atom is -0.465 e. The zero-order valence-corrected chi connectivity index (χ0v) is 11.1. The van der Waals surface area contributed by atoms with Gasteiger partial charge in [0.15, 0.2) is 0 Å². The molecule has 0 heterocycles. The molecule has 0 aliphatic rings. The average molecular weight is 229 g/mol. The molecule has 96 valence electrons. The van der Waals surface area contributed by atoms with Crippen LogP contribution in [0.1, 0.15) is 59.3 Å². The summed E-state index contributed by atoms with van der Waals surface area (Å²) in [6.45, 7) is 7.36. The predicted molar refractivity (Wildman–Crippen MR) is 67.5 cm³/mol. The first kappa shape index (κ1) is 15.4. The number of carbonyl (C=O) groups excluding carboxylic acids is 1. The molecule has 1 unspecified atom stereocenters. The summed E-state index contributed by atoms with van der Waals surface area (Å²) < 4.78 is 5.03. The van der Waals surface area contributed by atoms with Crippen LogP contribution in [0.25, 0.3) is 0 Å². The standard InChI is InChI=1S/C13H27NO2/c1-4-7-8-9-10-11-12(14-5-2)13(15)16-6-3/h12,14H,4-11H2,1-3H3. The van der Waals surface area contributed by atoms with Gasteiger partial charge in [-0.15, -0.1) is 0 Å². The summed E-state index contributed by atoms with van der Waals surface area (Å²) in [5.41, 5.74) is 0. The van der Waals surface area contributed by atoms with E-state index in [2.05, 4.69) is 12.2 Å². The van der Waals surface area contributed by atoms with Gasteiger partial charge in [0.05, 0.1) is 6.61 Å². The number of likely N-dealkylation sites (N-methyl/N-ethyl adjacent to an activating group) is 1. The van der Waals surface area contributed by atoms with Crippen molar-refractivity contribution in [1.82, 2.24) is 5.32 Å². The first-order valence-electron chi connectivity index (χ1n) is 6.66. The SMILES string of the molecule is CCCCCCCC(NCC)C(=O)OCC. The molecule has 0 bridgehead atoms. The lowest BCUT2D eigenvalue weighted by Crippen LogP contribution is -2.37. The second kappa shape index (κ2) is 10.9. The lowest BCUT2D eigenvalue weighted by molar-refractivity contribution is -0.145. The van der Waals surface area contributed by atoms with E-state index >= 15 is 0 Å². The smallest absolute Gasteiger partial charge is 0.323 e. The quantitative estimate of drug-likeness (QED) is 0.462. The third kappa shape index (κ3) is 7.69. The molecule has 0 radical (unpaired) electrons. The monoisotopic (exact) mass is 229 g/mol. The van der Waals surface area contributed by atoms with Gasteiger partial charge in [-0.25, -0.2) is 0 Å². The molecule has 0 aromatic rings. The lowest BCUT2D eigenvalue weighted by atomic mass is 10.1. The van der Waals surface area contributed by atoms with E-state index in [4.69, 9.17) is 4.74 Å². The maximum absolute atomic E-state index is 11.6. The van der Waals surface area contributed by atoms with Crippen LogP contribution in [0.4, 0.5) is 0 Å². The zero-order chi connectivity index (χ0) is 12.2. The molecule has 1 N–H and O–H groups in total. The van der Waals surface area contributed by atoms with Gasteiger partial charge >= 0.3 is 5.97 Å². The number of nitrogens with one attached hydrogen (secondary N) is 1. The molecule has 0 fully saturated rings. The highest BCUT2D eigenvalue weighted by molar-refractivity contribution is 5.75. The van der Waals surface area contributed by atoms with Crippen molar-refractivity contribution in [3.05, 3.63) is 0 Å². The molecule has 1 atom stereocenters. The summed E-state index contributed by atoms with van der Waals surface area (Å²) in [4.78, 5) is 11.6. The minimum absolute atomic E-state index is 0.0974. The highest BCUT2D eigenvalue weighted by Gasteiger charge is 2.17. The molecule has 3 heteroatoms. The fourth-order valence-corrected chi connectivity index (χ4v) is 1.74. The Hall–Kier alpha value is -0.570. The first-order valence-corrected chi connectivity index (χ1v) is 6.66. The van der Waals surface area contributed by atoms with Crippen LogP contribution in [0.15, 0.2) is 0 Å². The van der Waals surface area contributed by atoms with Crippen LogP contribution in [-0.4, -0.2) is 25.2 Å². The van der Waals surface area contributed by atoms with Crippen molar-refractivity contribution in [2.24, 2.45) is 0 Å². The fraction of sp³-hybridized carbons (Fsp3) is 0.923. The Kier molecular flexibility index (Phi) is 10.5. The Morgan fingerprint density at radius 2 is 1.81 bits per heavy atom. The van der Waals surface area contributed by atoms with Gasteiger partial charge in [-0.1, -0.05) is 46.0 Å². The second-order valence-corrected chi connectivity index (χ2v) is 4.07. The van der Waals surface area contributed by atoms with E-state index in [9.17, 15) is 4.79 Å². The van der Waals surface area contributed by atoms with Crippen LogP contribution in [0.3, 0.4) is 0 Å². The minimum atomic E-state index is -0.105. The molecule has 0 aromatic carbocycles. The molecular formula is C13H27NO2. The summed E-state index contributed by atoms with van der Waals surface area (Å²) in [7, 11) is 0. The summed E-state index contributed by atoms with van der Waals surface area (Å²) in [5, 5.41) is 3.18. The molecule has 0 saturated heterocycles. The third-order valence-electron chi connectivity index (χ3n) is 2.62.